The van der Waals surface area contributed by atoms with Crippen molar-refractivity contribution in [2.45, 2.75) is 13.0 Å². The molecule has 0 amide bonds. The van der Waals surface area contributed by atoms with Crippen LogP contribution in [0.15, 0.2) is 53.3 Å². The molecule has 0 unspecified atom stereocenters. The van der Waals surface area contributed by atoms with Gasteiger partial charge in [-0.15, -0.1) is 5.10 Å². The first-order valence-corrected chi connectivity index (χ1v) is 7.62. The normalized spacial score (nSPS) is 10.5. The molecule has 0 radical (unpaired) electrons. The first kappa shape index (κ1) is 15.3. The summed E-state index contributed by atoms with van der Waals surface area (Å²) in [6.07, 6.45) is 4.10. The topological polar surface area (TPSA) is 75.9 Å². The van der Waals surface area contributed by atoms with Gasteiger partial charge < -0.3 is 15.1 Å². The predicted octanol–water partition coefficient (Wildman–Crippen LogP) is 3.38. The summed E-state index contributed by atoms with van der Waals surface area (Å²) in [7, 11) is 0. The standard InChI is InChI=1S/C16H16ClN5O/c17-13-5-3-12(4-6-13)7-8-18-15-11-20-22-16(21-15)19-10-14-2-1-9-23-14/h1-6,9,11H,7-8,10H2,(H2,18,19,21,22). The maximum absolute atomic E-state index is 5.87. The molecule has 0 atom stereocenters. The molecular weight excluding hydrogens is 314 g/mol. The van der Waals surface area contributed by atoms with Crippen molar-refractivity contribution < 1.29 is 4.42 Å². The van der Waals surface area contributed by atoms with Crippen molar-refractivity contribution in [3.63, 3.8) is 0 Å². The lowest BCUT2D eigenvalue weighted by Crippen LogP contribution is -2.10. The predicted molar refractivity (Wildman–Crippen MR) is 89.5 cm³/mol. The molecular formula is C16H16ClN5O. The second kappa shape index (κ2) is 7.60. The average molecular weight is 330 g/mol. The minimum atomic E-state index is 0.456. The number of anilines is 2. The van der Waals surface area contributed by atoms with Crippen molar-refractivity contribution in [1.29, 1.82) is 0 Å². The first-order chi connectivity index (χ1) is 11.3. The highest BCUT2D eigenvalue weighted by Crippen LogP contribution is 2.11. The van der Waals surface area contributed by atoms with E-state index >= 15 is 0 Å². The van der Waals surface area contributed by atoms with Crippen LogP contribution in [0.25, 0.3) is 0 Å². The van der Waals surface area contributed by atoms with E-state index in [-0.39, 0.29) is 0 Å². The summed E-state index contributed by atoms with van der Waals surface area (Å²) in [6, 6.07) is 11.5. The summed E-state index contributed by atoms with van der Waals surface area (Å²) in [4.78, 5) is 4.36. The van der Waals surface area contributed by atoms with E-state index < -0.39 is 0 Å². The maximum Gasteiger partial charge on any atom is 0.245 e. The van der Waals surface area contributed by atoms with Crippen molar-refractivity contribution >= 4 is 23.4 Å². The van der Waals surface area contributed by atoms with E-state index in [1.54, 1.807) is 12.5 Å². The van der Waals surface area contributed by atoms with Gasteiger partial charge in [0.15, 0.2) is 5.82 Å². The van der Waals surface area contributed by atoms with E-state index in [9.17, 15) is 0 Å². The van der Waals surface area contributed by atoms with Gasteiger partial charge in [-0.25, -0.2) is 0 Å². The summed E-state index contributed by atoms with van der Waals surface area (Å²) in [5.74, 6) is 1.95. The highest BCUT2D eigenvalue weighted by atomic mass is 35.5. The van der Waals surface area contributed by atoms with Crippen LogP contribution in [0.1, 0.15) is 11.3 Å². The number of rotatable bonds is 7. The monoisotopic (exact) mass is 329 g/mol. The molecule has 6 nitrogen and oxygen atoms in total. The molecule has 2 N–H and O–H groups in total. The summed E-state index contributed by atoms with van der Waals surface area (Å²) >= 11 is 5.87. The number of halogens is 1. The van der Waals surface area contributed by atoms with Crippen LogP contribution in [0.3, 0.4) is 0 Å². The second-order valence-corrected chi connectivity index (χ2v) is 5.34. The number of benzene rings is 1. The SMILES string of the molecule is Clc1ccc(CCNc2cnnc(NCc3ccco3)n2)cc1. The third-order valence-corrected chi connectivity index (χ3v) is 3.44. The van der Waals surface area contributed by atoms with E-state index in [1.807, 2.05) is 36.4 Å². The highest BCUT2D eigenvalue weighted by molar-refractivity contribution is 6.30. The Balaban J connectivity index is 1.50. The lowest BCUT2D eigenvalue weighted by atomic mass is 10.1. The lowest BCUT2D eigenvalue weighted by molar-refractivity contribution is 0.517. The van der Waals surface area contributed by atoms with Gasteiger partial charge in [0.2, 0.25) is 5.95 Å². The molecule has 23 heavy (non-hydrogen) atoms. The third kappa shape index (κ3) is 4.69. The molecule has 2 aromatic heterocycles. The fraction of sp³-hybridized carbons (Fsp3) is 0.188. The average Bonchev–Trinajstić information content (AvgIpc) is 3.09. The number of hydrogen-bond acceptors (Lipinski definition) is 6. The van der Waals surface area contributed by atoms with Crippen LogP contribution in [0.2, 0.25) is 5.02 Å². The van der Waals surface area contributed by atoms with Crippen LogP contribution in [-0.4, -0.2) is 21.7 Å². The Labute approximate surface area is 138 Å². The number of hydrogen-bond donors (Lipinski definition) is 2. The second-order valence-electron chi connectivity index (χ2n) is 4.90. The zero-order chi connectivity index (χ0) is 15.9. The van der Waals surface area contributed by atoms with E-state index in [0.717, 1.165) is 23.7 Å². The number of nitrogens with one attached hydrogen (secondary N) is 2. The minimum Gasteiger partial charge on any atom is -0.467 e. The smallest absolute Gasteiger partial charge is 0.245 e. The molecule has 118 valence electrons. The van der Waals surface area contributed by atoms with Gasteiger partial charge in [-0.1, -0.05) is 23.7 Å². The Hall–Kier alpha value is -2.60. The minimum absolute atomic E-state index is 0.456. The number of nitrogens with zero attached hydrogens (tertiary/aromatic N) is 3. The van der Waals surface area contributed by atoms with Gasteiger partial charge in [-0.2, -0.15) is 10.1 Å². The molecule has 0 bridgehead atoms. The Morgan fingerprint density at radius 1 is 1.09 bits per heavy atom. The first-order valence-electron chi connectivity index (χ1n) is 7.24. The van der Waals surface area contributed by atoms with Gasteiger partial charge in [0, 0.05) is 11.6 Å². The molecule has 0 fully saturated rings. The molecule has 1 aromatic carbocycles. The van der Waals surface area contributed by atoms with Gasteiger partial charge in [-0.3, -0.25) is 0 Å². The molecule has 0 aliphatic heterocycles. The Morgan fingerprint density at radius 2 is 1.96 bits per heavy atom. The van der Waals surface area contributed by atoms with Crippen molar-refractivity contribution in [3.05, 3.63) is 65.2 Å². The van der Waals surface area contributed by atoms with Crippen LogP contribution in [0.5, 0.6) is 0 Å². The zero-order valence-electron chi connectivity index (χ0n) is 12.4. The fourth-order valence-corrected chi connectivity index (χ4v) is 2.15. The molecule has 0 saturated carbocycles. The van der Waals surface area contributed by atoms with Gasteiger partial charge in [0.1, 0.15) is 5.76 Å². The van der Waals surface area contributed by atoms with Crippen LogP contribution in [0.4, 0.5) is 11.8 Å². The van der Waals surface area contributed by atoms with Gasteiger partial charge in [-0.05, 0) is 36.2 Å². The molecule has 2 heterocycles. The summed E-state index contributed by atoms with van der Waals surface area (Å²) in [5.41, 5.74) is 1.21. The van der Waals surface area contributed by atoms with Crippen LogP contribution in [-0.2, 0) is 13.0 Å². The van der Waals surface area contributed by atoms with E-state index in [4.69, 9.17) is 16.0 Å². The van der Waals surface area contributed by atoms with Crippen molar-refractivity contribution in [1.82, 2.24) is 15.2 Å². The maximum atomic E-state index is 5.87. The van der Waals surface area contributed by atoms with E-state index in [0.29, 0.717) is 18.3 Å². The Kier molecular flexibility index (Phi) is 5.06. The van der Waals surface area contributed by atoms with Gasteiger partial charge in [0.05, 0.1) is 19.0 Å². The number of aromatic nitrogens is 3. The largest absolute Gasteiger partial charge is 0.467 e. The molecule has 0 aliphatic rings. The van der Waals surface area contributed by atoms with Crippen LogP contribution < -0.4 is 10.6 Å². The molecule has 7 heteroatoms. The number of furan rings is 1. The lowest BCUT2D eigenvalue weighted by Gasteiger charge is -2.07. The van der Waals surface area contributed by atoms with E-state index in [1.165, 1.54) is 5.56 Å². The van der Waals surface area contributed by atoms with Crippen molar-refractivity contribution in [3.8, 4) is 0 Å². The summed E-state index contributed by atoms with van der Waals surface area (Å²) < 4.78 is 5.24. The summed E-state index contributed by atoms with van der Waals surface area (Å²) in [5, 5.41) is 14.9. The van der Waals surface area contributed by atoms with Crippen LogP contribution >= 0.6 is 11.6 Å². The zero-order valence-corrected chi connectivity index (χ0v) is 13.1. The van der Waals surface area contributed by atoms with E-state index in [2.05, 4.69) is 25.8 Å². The van der Waals surface area contributed by atoms with Crippen LogP contribution in [0, 0.1) is 0 Å². The molecule has 0 aliphatic carbocycles. The molecule has 3 aromatic rings. The Bertz CT molecular complexity index is 730. The van der Waals surface area contributed by atoms with Crippen molar-refractivity contribution in [2.75, 3.05) is 17.2 Å². The molecule has 0 saturated heterocycles. The Morgan fingerprint density at radius 3 is 2.74 bits per heavy atom. The van der Waals surface area contributed by atoms with Gasteiger partial charge >= 0.3 is 0 Å². The summed E-state index contributed by atoms with van der Waals surface area (Å²) in [6.45, 7) is 1.26. The molecule has 3 rings (SSSR count). The molecule has 0 spiro atoms. The highest BCUT2D eigenvalue weighted by Gasteiger charge is 2.02. The third-order valence-electron chi connectivity index (χ3n) is 3.19. The fourth-order valence-electron chi connectivity index (χ4n) is 2.03. The van der Waals surface area contributed by atoms with Crippen molar-refractivity contribution in [2.24, 2.45) is 0 Å². The quantitative estimate of drug-likeness (QED) is 0.692. The van der Waals surface area contributed by atoms with Gasteiger partial charge in [0.25, 0.3) is 0 Å².